The highest BCUT2D eigenvalue weighted by atomic mass is 16.3. The molecule has 0 spiro atoms. The van der Waals surface area contributed by atoms with Crippen molar-refractivity contribution in [1.82, 2.24) is 15.1 Å². The van der Waals surface area contributed by atoms with Gasteiger partial charge < -0.3 is 20.2 Å². The highest BCUT2D eigenvalue weighted by Crippen LogP contribution is 2.03. The first-order valence-electron chi connectivity index (χ1n) is 5.95. The number of nitrogens with zero attached hydrogens (tertiary/aromatic N) is 2. The minimum Gasteiger partial charge on any atom is -0.390 e. The van der Waals surface area contributed by atoms with E-state index in [9.17, 15) is 14.7 Å². The van der Waals surface area contributed by atoms with E-state index in [4.69, 9.17) is 0 Å². The van der Waals surface area contributed by atoms with Crippen LogP contribution in [-0.2, 0) is 9.59 Å². The van der Waals surface area contributed by atoms with Gasteiger partial charge in [0.1, 0.15) is 0 Å². The summed E-state index contributed by atoms with van der Waals surface area (Å²) in [5.41, 5.74) is 0. The Bertz CT molecular complexity index is 283. The first-order chi connectivity index (χ1) is 8.04. The molecule has 2 amide bonds. The number of carbonyl (C=O) groups excluding carboxylic acids is 2. The van der Waals surface area contributed by atoms with Gasteiger partial charge in [-0.2, -0.15) is 0 Å². The van der Waals surface area contributed by atoms with Crippen LogP contribution >= 0.6 is 0 Å². The number of piperazine rings is 1. The van der Waals surface area contributed by atoms with Crippen molar-refractivity contribution in [2.45, 2.75) is 19.4 Å². The van der Waals surface area contributed by atoms with Crippen LogP contribution in [-0.4, -0.2) is 72.6 Å². The zero-order chi connectivity index (χ0) is 12.8. The van der Waals surface area contributed by atoms with Crippen molar-refractivity contribution in [2.24, 2.45) is 0 Å². The van der Waals surface area contributed by atoms with E-state index in [1.165, 1.54) is 9.80 Å². The minimum absolute atomic E-state index is 0.0696. The second-order valence-electron chi connectivity index (χ2n) is 4.38. The average molecular weight is 243 g/mol. The minimum atomic E-state index is -0.623. The topological polar surface area (TPSA) is 72.9 Å². The summed E-state index contributed by atoms with van der Waals surface area (Å²) in [6.07, 6.45) is 0.375. The van der Waals surface area contributed by atoms with Crippen LogP contribution in [0, 0.1) is 0 Å². The summed E-state index contributed by atoms with van der Waals surface area (Å²) in [4.78, 5) is 25.9. The molecule has 6 nitrogen and oxygen atoms in total. The third kappa shape index (κ3) is 4.32. The second kappa shape index (κ2) is 6.56. The normalized spacial score (nSPS) is 18.8. The third-order valence-corrected chi connectivity index (χ3v) is 2.71. The number of aliphatic hydroxyl groups is 1. The van der Waals surface area contributed by atoms with Gasteiger partial charge in [0.25, 0.3) is 0 Å². The molecule has 1 unspecified atom stereocenters. The van der Waals surface area contributed by atoms with E-state index in [1.54, 1.807) is 7.05 Å². The molecule has 1 aliphatic heterocycles. The van der Waals surface area contributed by atoms with Gasteiger partial charge >= 0.3 is 0 Å². The van der Waals surface area contributed by atoms with E-state index < -0.39 is 6.10 Å². The molecule has 1 atom stereocenters. The van der Waals surface area contributed by atoms with Crippen molar-refractivity contribution < 1.29 is 14.7 Å². The Labute approximate surface area is 102 Å². The smallest absolute Gasteiger partial charge is 0.242 e. The molecule has 0 bridgehead atoms. The fraction of sp³-hybridized carbons (Fsp3) is 0.818. The molecule has 2 N–H and O–H groups in total. The lowest BCUT2D eigenvalue weighted by molar-refractivity contribution is -0.149. The van der Waals surface area contributed by atoms with Crippen LogP contribution in [0.2, 0.25) is 0 Å². The molecule has 0 aromatic carbocycles. The highest BCUT2D eigenvalue weighted by Gasteiger charge is 2.28. The molecule has 98 valence electrons. The molecule has 0 aromatic rings. The van der Waals surface area contributed by atoms with Gasteiger partial charge in [-0.05, 0) is 13.0 Å². The zero-order valence-corrected chi connectivity index (χ0v) is 10.5. The maximum absolute atomic E-state index is 11.6. The van der Waals surface area contributed by atoms with Crippen LogP contribution in [0.1, 0.15) is 13.3 Å². The van der Waals surface area contributed by atoms with E-state index in [1.807, 2.05) is 6.92 Å². The molecular weight excluding hydrogens is 222 g/mol. The van der Waals surface area contributed by atoms with Crippen LogP contribution in [0.3, 0.4) is 0 Å². The highest BCUT2D eigenvalue weighted by molar-refractivity contribution is 5.92. The van der Waals surface area contributed by atoms with Crippen LogP contribution in [0.4, 0.5) is 0 Å². The molecule has 6 heteroatoms. The van der Waals surface area contributed by atoms with Crippen molar-refractivity contribution in [2.75, 3.05) is 39.8 Å². The average Bonchev–Trinajstić information content (AvgIpc) is 2.26. The van der Waals surface area contributed by atoms with Gasteiger partial charge in [-0.25, -0.2) is 0 Å². The van der Waals surface area contributed by atoms with Crippen LogP contribution in [0.15, 0.2) is 0 Å². The fourth-order valence-electron chi connectivity index (χ4n) is 1.69. The van der Waals surface area contributed by atoms with Crippen molar-refractivity contribution >= 4 is 11.8 Å². The molecule has 1 aliphatic rings. The second-order valence-corrected chi connectivity index (χ2v) is 4.38. The number of nitrogens with one attached hydrogen (secondary N) is 1. The number of hydrogen-bond acceptors (Lipinski definition) is 4. The summed E-state index contributed by atoms with van der Waals surface area (Å²) >= 11 is 0. The lowest BCUT2D eigenvalue weighted by atomic mass is 10.2. The Morgan fingerprint density at radius 2 is 2.06 bits per heavy atom. The molecule has 0 aliphatic carbocycles. The van der Waals surface area contributed by atoms with Gasteiger partial charge in [-0.3, -0.25) is 9.59 Å². The van der Waals surface area contributed by atoms with Gasteiger partial charge in [0.2, 0.25) is 11.8 Å². The van der Waals surface area contributed by atoms with E-state index >= 15 is 0 Å². The molecule has 0 aromatic heterocycles. The number of amides is 2. The number of likely N-dealkylation sites (N-methyl/N-ethyl adjacent to an activating group) is 1. The Morgan fingerprint density at radius 3 is 2.71 bits per heavy atom. The van der Waals surface area contributed by atoms with Crippen LogP contribution in [0.5, 0.6) is 0 Å². The summed E-state index contributed by atoms with van der Waals surface area (Å²) in [7, 11) is 1.61. The lowest BCUT2D eigenvalue weighted by Crippen LogP contribution is -2.54. The largest absolute Gasteiger partial charge is 0.390 e. The number of rotatable bonds is 6. The fourth-order valence-corrected chi connectivity index (χ4v) is 1.69. The first kappa shape index (κ1) is 13.9. The Hall–Kier alpha value is -1.14. The zero-order valence-electron chi connectivity index (χ0n) is 10.5. The monoisotopic (exact) mass is 243 g/mol. The summed E-state index contributed by atoms with van der Waals surface area (Å²) in [6, 6.07) is 0. The van der Waals surface area contributed by atoms with Crippen molar-refractivity contribution in [3.8, 4) is 0 Å². The van der Waals surface area contributed by atoms with Crippen LogP contribution in [0.25, 0.3) is 0 Å². The van der Waals surface area contributed by atoms with E-state index in [-0.39, 0.29) is 31.4 Å². The Morgan fingerprint density at radius 1 is 1.35 bits per heavy atom. The summed E-state index contributed by atoms with van der Waals surface area (Å²) in [6.45, 7) is 3.72. The first-order valence-corrected chi connectivity index (χ1v) is 5.95. The molecule has 1 heterocycles. The van der Waals surface area contributed by atoms with E-state index in [0.717, 1.165) is 13.0 Å². The third-order valence-electron chi connectivity index (χ3n) is 2.71. The summed E-state index contributed by atoms with van der Waals surface area (Å²) in [5.74, 6) is -0.194. The molecule has 0 radical (unpaired) electrons. The van der Waals surface area contributed by atoms with Gasteiger partial charge in [-0.15, -0.1) is 0 Å². The molecular formula is C11H21N3O3. The van der Waals surface area contributed by atoms with Gasteiger partial charge in [0.15, 0.2) is 0 Å². The lowest BCUT2D eigenvalue weighted by Gasteiger charge is -2.32. The molecule has 1 rings (SSSR count). The molecule has 17 heavy (non-hydrogen) atoms. The maximum Gasteiger partial charge on any atom is 0.242 e. The number of carbonyl (C=O) groups is 2. The van der Waals surface area contributed by atoms with Crippen molar-refractivity contribution in [3.63, 3.8) is 0 Å². The quantitative estimate of drug-likeness (QED) is 0.566. The predicted molar refractivity (Wildman–Crippen MR) is 63.4 cm³/mol. The Balaban J connectivity index is 2.34. The van der Waals surface area contributed by atoms with Crippen molar-refractivity contribution in [3.05, 3.63) is 0 Å². The molecule has 0 saturated carbocycles. The van der Waals surface area contributed by atoms with E-state index in [0.29, 0.717) is 6.54 Å². The standard InChI is InChI=1S/C11H21N3O3/c1-3-4-12-5-9(15)6-14-8-10(16)13(2)7-11(14)17/h9,12,15H,3-8H2,1-2H3. The van der Waals surface area contributed by atoms with Gasteiger partial charge in [-0.1, -0.05) is 6.92 Å². The predicted octanol–water partition coefficient (Wildman–Crippen LogP) is -1.35. The molecule has 1 fully saturated rings. The van der Waals surface area contributed by atoms with E-state index in [2.05, 4.69) is 5.32 Å². The van der Waals surface area contributed by atoms with Gasteiger partial charge in [0.05, 0.1) is 19.2 Å². The number of β-amino-alcohol motifs (C(OH)–C–C–N with tert-alkyl or cyclic N) is 1. The van der Waals surface area contributed by atoms with Gasteiger partial charge in [0, 0.05) is 20.1 Å². The van der Waals surface area contributed by atoms with Crippen LogP contribution < -0.4 is 5.32 Å². The maximum atomic E-state index is 11.6. The Kier molecular flexibility index (Phi) is 5.37. The summed E-state index contributed by atoms with van der Waals surface area (Å²) < 4.78 is 0. The SMILES string of the molecule is CCCNCC(O)CN1CC(=O)N(C)CC1=O. The number of aliphatic hydroxyl groups excluding tert-OH is 1. The van der Waals surface area contributed by atoms with Crippen molar-refractivity contribution in [1.29, 1.82) is 0 Å². The summed E-state index contributed by atoms with van der Waals surface area (Å²) in [5, 5.41) is 12.8. The number of hydrogen-bond donors (Lipinski definition) is 2. The molecule has 1 saturated heterocycles.